The first kappa shape index (κ1) is 17.4. The van der Waals surface area contributed by atoms with Gasteiger partial charge in [-0.25, -0.2) is 0 Å². The van der Waals surface area contributed by atoms with Crippen LogP contribution in [0.4, 0.5) is 0 Å². The summed E-state index contributed by atoms with van der Waals surface area (Å²) in [6, 6.07) is 0. The van der Waals surface area contributed by atoms with Crippen LogP contribution in [-0.4, -0.2) is 47.7 Å². The molecule has 1 atom stereocenters. The van der Waals surface area contributed by atoms with Gasteiger partial charge in [0.05, 0.1) is 0 Å². The minimum Gasteiger partial charge on any atom is -0.480 e. The Bertz CT molecular complexity index is 318. The van der Waals surface area contributed by atoms with E-state index in [2.05, 4.69) is 24.1 Å². The van der Waals surface area contributed by atoms with Gasteiger partial charge in [0.1, 0.15) is 5.54 Å². The Hall–Kier alpha value is -0.610. The molecule has 0 aliphatic carbocycles. The summed E-state index contributed by atoms with van der Waals surface area (Å²) in [7, 11) is 0. The van der Waals surface area contributed by atoms with Crippen LogP contribution < -0.4 is 5.32 Å². The van der Waals surface area contributed by atoms with Crippen LogP contribution in [0.15, 0.2) is 0 Å². The van der Waals surface area contributed by atoms with Crippen molar-refractivity contribution in [3.8, 4) is 0 Å². The van der Waals surface area contributed by atoms with Crippen molar-refractivity contribution in [2.75, 3.05) is 26.2 Å². The van der Waals surface area contributed by atoms with Crippen molar-refractivity contribution in [1.82, 2.24) is 10.2 Å². The summed E-state index contributed by atoms with van der Waals surface area (Å²) in [5.74, 6) is -0.739. The maximum Gasteiger partial charge on any atom is 0.323 e. The summed E-state index contributed by atoms with van der Waals surface area (Å²) in [6.45, 7) is 12.5. The smallest absolute Gasteiger partial charge is 0.323 e. The second-order valence-electron chi connectivity index (χ2n) is 7.13. The van der Waals surface area contributed by atoms with Crippen molar-refractivity contribution < 1.29 is 9.90 Å². The van der Waals surface area contributed by atoms with Gasteiger partial charge in [-0.05, 0) is 70.6 Å². The van der Waals surface area contributed by atoms with Gasteiger partial charge in [-0.15, -0.1) is 0 Å². The number of carbonyl (C=O) groups is 1. The molecule has 1 aliphatic heterocycles. The Balaban J connectivity index is 2.37. The van der Waals surface area contributed by atoms with Gasteiger partial charge in [0, 0.05) is 0 Å². The molecule has 1 saturated heterocycles. The molecule has 0 aromatic heterocycles. The van der Waals surface area contributed by atoms with Crippen LogP contribution in [0.25, 0.3) is 0 Å². The number of likely N-dealkylation sites (N-methyl/N-ethyl adjacent to an activating group) is 1. The highest BCUT2D eigenvalue weighted by Gasteiger charge is 2.31. The summed E-state index contributed by atoms with van der Waals surface area (Å²) < 4.78 is 0. The van der Waals surface area contributed by atoms with E-state index < -0.39 is 11.5 Å². The number of rotatable bonds is 7. The molecule has 4 nitrogen and oxygen atoms in total. The monoisotopic (exact) mass is 284 g/mol. The molecule has 0 spiro atoms. The maximum atomic E-state index is 11.4. The molecule has 0 aromatic rings. The zero-order valence-electron chi connectivity index (χ0n) is 13.7. The van der Waals surface area contributed by atoms with Crippen LogP contribution in [0.3, 0.4) is 0 Å². The number of hydrogen-bond acceptors (Lipinski definition) is 3. The number of hydrogen-bond donors (Lipinski definition) is 2. The van der Waals surface area contributed by atoms with E-state index in [0.29, 0.717) is 18.4 Å². The standard InChI is InChI=1S/C16H32N2O2/c1-5-17-16(4,14(19)20)9-7-12-18-11-6-8-15(2,3)10-13-18/h17H,5-13H2,1-4H3,(H,19,20). The molecule has 1 aliphatic rings. The summed E-state index contributed by atoms with van der Waals surface area (Å²) in [4.78, 5) is 13.9. The average Bonchev–Trinajstić information content (AvgIpc) is 2.51. The molecule has 1 rings (SSSR count). The second-order valence-corrected chi connectivity index (χ2v) is 7.13. The Morgan fingerprint density at radius 1 is 1.35 bits per heavy atom. The molecule has 1 unspecified atom stereocenters. The first-order valence-corrected chi connectivity index (χ1v) is 8.00. The molecule has 4 heteroatoms. The van der Waals surface area contributed by atoms with Gasteiger partial charge in [-0.1, -0.05) is 20.8 Å². The van der Waals surface area contributed by atoms with E-state index in [4.69, 9.17) is 0 Å². The van der Waals surface area contributed by atoms with Crippen molar-refractivity contribution in [3.63, 3.8) is 0 Å². The molecule has 0 aromatic carbocycles. The first-order valence-electron chi connectivity index (χ1n) is 8.00. The molecule has 1 heterocycles. The predicted octanol–water partition coefficient (Wildman–Crippen LogP) is 2.73. The van der Waals surface area contributed by atoms with Crippen LogP contribution in [0, 0.1) is 5.41 Å². The lowest BCUT2D eigenvalue weighted by atomic mass is 9.85. The number of likely N-dealkylation sites (tertiary alicyclic amines) is 1. The van der Waals surface area contributed by atoms with Gasteiger partial charge in [0.15, 0.2) is 0 Å². The highest BCUT2D eigenvalue weighted by molar-refractivity contribution is 5.78. The van der Waals surface area contributed by atoms with E-state index in [1.165, 1.54) is 19.3 Å². The fourth-order valence-corrected chi connectivity index (χ4v) is 3.02. The summed E-state index contributed by atoms with van der Waals surface area (Å²) >= 11 is 0. The van der Waals surface area contributed by atoms with Crippen LogP contribution in [0.5, 0.6) is 0 Å². The highest BCUT2D eigenvalue weighted by atomic mass is 16.4. The van der Waals surface area contributed by atoms with Crippen LogP contribution in [0.1, 0.15) is 59.8 Å². The number of nitrogens with one attached hydrogen (secondary N) is 1. The molecule has 20 heavy (non-hydrogen) atoms. The lowest BCUT2D eigenvalue weighted by Gasteiger charge is -2.28. The van der Waals surface area contributed by atoms with Crippen LogP contribution in [0.2, 0.25) is 0 Å². The molecule has 0 radical (unpaired) electrons. The average molecular weight is 284 g/mol. The predicted molar refractivity (Wildman–Crippen MR) is 83.0 cm³/mol. The van der Waals surface area contributed by atoms with Crippen LogP contribution in [-0.2, 0) is 4.79 Å². The molecule has 2 N–H and O–H groups in total. The van der Waals surface area contributed by atoms with Gasteiger partial charge < -0.3 is 15.3 Å². The molecular formula is C16H32N2O2. The minimum absolute atomic E-state index is 0.466. The zero-order chi connectivity index (χ0) is 15.2. The van der Waals surface area contributed by atoms with Crippen molar-refractivity contribution in [3.05, 3.63) is 0 Å². The van der Waals surface area contributed by atoms with E-state index in [-0.39, 0.29) is 0 Å². The Labute approximate surface area is 123 Å². The van der Waals surface area contributed by atoms with Gasteiger partial charge >= 0.3 is 5.97 Å². The van der Waals surface area contributed by atoms with Crippen LogP contribution >= 0.6 is 0 Å². The van der Waals surface area contributed by atoms with Gasteiger partial charge in [-0.2, -0.15) is 0 Å². The lowest BCUT2D eigenvalue weighted by molar-refractivity contribution is -0.144. The van der Waals surface area contributed by atoms with E-state index in [9.17, 15) is 9.90 Å². The normalized spacial score (nSPS) is 23.0. The number of nitrogens with zero attached hydrogens (tertiary/aromatic N) is 1. The lowest BCUT2D eigenvalue weighted by Crippen LogP contribution is -2.49. The third-order valence-electron chi connectivity index (χ3n) is 4.62. The van der Waals surface area contributed by atoms with E-state index in [0.717, 1.165) is 26.1 Å². The van der Waals surface area contributed by atoms with Crippen molar-refractivity contribution in [2.24, 2.45) is 5.41 Å². The molecule has 0 saturated carbocycles. The topological polar surface area (TPSA) is 52.6 Å². The van der Waals surface area contributed by atoms with Gasteiger partial charge in [0.25, 0.3) is 0 Å². The fraction of sp³-hybridized carbons (Fsp3) is 0.938. The van der Waals surface area contributed by atoms with Gasteiger partial charge in [-0.3, -0.25) is 4.79 Å². The maximum absolute atomic E-state index is 11.4. The largest absolute Gasteiger partial charge is 0.480 e. The van der Waals surface area contributed by atoms with Crippen molar-refractivity contribution in [1.29, 1.82) is 0 Å². The van der Waals surface area contributed by atoms with Crippen molar-refractivity contribution >= 4 is 5.97 Å². The summed E-state index contributed by atoms with van der Waals surface area (Å²) in [5, 5.41) is 12.4. The first-order chi connectivity index (χ1) is 9.29. The minimum atomic E-state index is -0.778. The van der Waals surface area contributed by atoms with E-state index >= 15 is 0 Å². The zero-order valence-corrected chi connectivity index (χ0v) is 13.7. The number of carboxylic acids is 1. The third kappa shape index (κ3) is 5.41. The molecular weight excluding hydrogens is 252 g/mol. The SMILES string of the molecule is CCNC(C)(CCCN1CCCC(C)(C)CC1)C(=O)O. The Morgan fingerprint density at radius 3 is 2.65 bits per heavy atom. The molecule has 0 amide bonds. The highest BCUT2D eigenvalue weighted by Crippen LogP contribution is 2.29. The Kier molecular flexibility index (Phi) is 6.46. The quantitative estimate of drug-likeness (QED) is 0.755. The number of aliphatic carboxylic acids is 1. The molecule has 1 fully saturated rings. The fourth-order valence-electron chi connectivity index (χ4n) is 3.02. The van der Waals surface area contributed by atoms with E-state index in [1.54, 1.807) is 6.92 Å². The molecule has 0 bridgehead atoms. The summed E-state index contributed by atoms with van der Waals surface area (Å²) in [5.41, 5.74) is -0.312. The van der Waals surface area contributed by atoms with E-state index in [1.807, 2.05) is 6.92 Å². The molecule has 118 valence electrons. The summed E-state index contributed by atoms with van der Waals surface area (Å²) in [6.07, 6.45) is 5.44. The third-order valence-corrected chi connectivity index (χ3v) is 4.62. The van der Waals surface area contributed by atoms with Gasteiger partial charge in [0.2, 0.25) is 0 Å². The number of carboxylic acid groups (broad SMARTS) is 1. The Morgan fingerprint density at radius 2 is 2.05 bits per heavy atom. The van der Waals surface area contributed by atoms with Crippen molar-refractivity contribution in [2.45, 2.75) is 65.3 Å². The second kappa shape index (κ2) is 7.41.